The molecule has 0 aliphatic heterocycles. The number of aliphatic hydroxyl groups excluding tert-OH is 1. The fraction of sp³-hybridized carbons (Fsp3) is 0.393. The van der Waals surface area contributed by atoms with Gasteiger partial charge in [0.05, 0.1) is 38.2 Å². The van der Waals surface area contributed by atoms with Crippen molar-refractivity contribution in [1.29, 1.82) is 0 Å². The number of likely N-dealkylation sites (N-methyl/N-ethyl adjacent to an activating group) is 1. The molecule has 3 atom stereocenters. The molecule has 0 bridgehead atoms. The average molecular weight is 592 g/mol. The van der Waals surface area contributed by atoms with Crippen LogP contribution in [-0.2, 0) is 13.0 Å². The van der Waals surface area contributed by atoms with E-state index in [1.807, 2.05) is 29.2 Å². The third kappa shape index (κ3) is 6.52. The van der Waals surface area contributed by atoms with Crippen LogP contribution in [0.4, 0.5) is 23.4 Å². The number of halogens is 4. The van der Waals surface area contributed by atoms with E-state index in [0.29, 0.717) is 35.4 Å². The molecule has 0 saturated heterocycles. The summed E-state index contributed by atoms with van der Waals surface area (Å²) in [6.07, 6.45) is -3.50. The van der Waals surface area contributed by atoms with Crippen LogP contribution in [0.25, 0.3) is 21.3 Å². The Morgan fingerprint density at radius 2 is 1.83 bits per heavy atom. The summed E-state index contributed by atoms with van der Waals surface area (Å²) in [6, 6.07) is 10.6. The fourth-order valence-corrected chi connectivity index (χ4v) is 6.17. The van der Waals surface area contributed by atoms with Gasteiger partial charge in [-0.1, -0.05) is 24.3 Å². The number of alkyl halides is 3. The van der Waals surface area contributed by atoms with Gasteiger partial charge in [-0.15, -0.1) is 11.3 Å². The summed E-state index contributed by atoms with van der Waals surface area (Å²) in [5.41, 5.74) is 2.63. The molecular formula is C28H29F4N5O3S. The number of benzene rings is 1. The minimum absolute atomic E-state index is 0.00479. The van der Waals surface area contributed by atoms with E-state index < -0.39 is 24.6 Å². The molecule has 0 spiro atoms. The first-order valence-electron chi connectivity index (χ1n) is 12.9. The van der Waals surface area contributed by atoms with E-state index in [2.05, 4.69) is 20.3 Å². The maximum atomic E-state index is 13.6. The van der Waals surface area contributed by atoms with Gasteiger partial charge in [0.15, 0.2) is 5.75 Å². The van der Waals surface area contributed by atoms with Crippen molar-refractivity contribution in [2.45, 2.75) is 50.2 Å². The Hall–Kier alpha value is -3.55. The number of anilines is 1. The minimum atomic E-state index is -4.34. The summed E-state index contributed by atoms with van der Waals surface area (Å²) < 4.78 is 62.9. The number of methoxy groups -OCH3 is 2. The normalized spacial score (nSPS) is 19.1. The van der Waals surface area contributed by atoms with Crippen LogP contribution in [0.2, 0.25) is 0 Å². The van der Waals surface area contributed by atoms with Gasteiger partial charge in [0.2, 0.25) is 0 Å². The van der Waals surface area contributed by atoms with E-state index in [9.17, 15) is 22.7 Å². The number of nitrogens with zero attached hydrogens (tertiary/aromatic N) is 4. The van der Waals surface area contributed by atoms with Gasteiger partial charge in [0, 0.05) is 36.3 Å². The topological polar surface area (TPSA) is 92.6 Å². The zero-order chi connectivity index (χ0) is 29.3. The molecule has 0 amide bonds. The number of fused-ring (bicyclic) bond motifs is 1. The van der Waals surface area contributed by atoms with E-state index in [0.717, 1.165) is 28.0 Å². The molecule has 5 rings (SSSR count). The van der Waals surface area contributed by atoms with Crippen molar-refractivity contribution in [1.82, 2.24) is 20.3 Å². The summed E-state index contributed by atoms with van der Waals surface area (Å²) in [5.74, 6) is -0.164. The third-order valence-corrected chi connectivity index (χ3v) is 8.23. The highest BCUT2D eigenvalue weighted by molar-refractivity contribution is 7.18. The van der Waals surface area contributed by atoms with Gasteiger partial charge in [-0.25, -0.2) is 4.98 Å². The predicted molar refractivity (Wildman–Crippen MR) is 148 cm³/mol. The monoisotopic (exact) mass is 591 g/mol. The molecule has 2 N–H and O–H groups in total. The molecule has 1 aromatic carbocycles. The van der Waals surface area contributed by atoms with Crippen LogP contribution in [0.1, 0.15) is 23.3 Å². The Labute approximate surface area is 238 Å². The molecule has 218 valence electrons. The van der Waals surface area contributed by atoms with Crippen LogP contribution in [0.15, 0.2) is 42.6 Å². The molecule has 13 heteroatoms. The molecule has 41 heavy (non-hydrogen) atoms. The standard InChI is InChI=1S/C28H29F4N5O3S/c1-37(25-20-11-19(12-28(30,31)32)41-26(20)36-27(35-25)40-3)21-9-18(10-22(21)38)33-13-15-4-6-16(7-5-15)17-8-23(39-2)24(29)34-14-17/h4-8,11,14,18,21-22,33,38H,9-10,12-13H2,1-3H3/t18-,21+,22-/m1/s1. The molecule has 0 unspecified atom stereocenters. The lowest BCUT2D eigenvalue weighted by Crippen LogP contribution is -2.38. The largest absolute Gasteiger partial charge is 0.492 e. The van der Waals surface area contributed by atoms with Crippen molar-refractivity contribution in [3.63, 3.8) is 0 Å². The van der Waals surface area contributed by atoms with Crippen molar-refractivity contribution in [3.05, 3.63) is 59.0 Å². The van der Waals surface area contributed by atoms with Crippen molar-refractivity contribution < 1.29 is 32.1 Å². The van der Waals surface area contributed by atoms with Crippen LogP contribution in [0, 0.1) is 5.95 Å². The molecular weight excluding hydrogens is 562 g/mol. The maximum Gasteiger partial charge on any atom is 0.393 e. The smallest absolute Gasteiger partial charge is 0.393 e. The van der Waals surface area contributed by atoms with E-state index >= 15 is 0 Å². The van der Waals surface area contributed by atoms with Gasteiger partial charge < -0.3 is 24.8 Å². The SMILES string of the molecule is COc1nc(N(C)[C@H]2C[C@@H](NCc3ccc(-c4cnc(F)c(OC)c4)cc3)C[C@H]2O)c2cc(CC(F)(F)F)sc2n1. The molecule has 1 saturated carbocycles. The van der Waals surface area contributed by atoms with Gasteiger partial charge in [0.1, 0.15) is 10.6 Å². The van der Waals surface area contributed by atoms with Gasteiger partial charge in [0.25, 0.3) is 5.95 Å². The average Bonchev–Trinajstić information content (AvgIpc) is 3.52. The van der Waals surface area contributed by atoms with Gasteiger partial charge in [-0.3, -0.25) is 0 Å². The Balaban J connectivity index is 1.26. The van der Waals surface area contributed by atoms with E-state index in [-0.39, 0.29) is 28.7 Å². The van der Waals surface area contributed by atoms with Crippen LogP contribution < -0.4 is 19.7 Å². The van der Waals surface area contributed by atoms with Crippen LogP contribution in [0.3, 0.4) is 0 Å². The highest BCUT2D eigenvalue weighted by atomic mass is 32.1. The van der Waals surface area contributed by atoms with Crippen molar-refractivity contribution in [2.24, 2.45) is 0 Å². The molecule has 1 aliphatic rings. The Morgan fingerprint density at radius 3 is 2.51 bits per heavy atom. The fourth-order valence-electron chi connectivity index (χ4n) is 5.12. The minimum Gasteiger partial charge on any atom is -0.492 e. The van der Waals surface area contributed by atoms with Crippen LogP contribution >= 0.6 is 11.3 Å². The summed E-state index contributed by atoms with van der Waals surface area (Å²) >= 11 is 0.958. The number of hydrogen-bond acceptors (Lipinski definition) is 9. The van der Waals surface area contributed by atoms with Crippen molar-refractivity contribution >= 4 is 27.4 Å². The first-order valence-corrected chi connectivity index (χ1v) is 13.7. The second kappa shape index (κ2) is 11.7. The van der Waals surface area contributed by atoms with E-state index in [1.165, 1.54) is 26.5 Å². The van der Waals surface area contributed by atoms with E-state index in [1.54, 1.807) is 13.1 Å². The summed E-state index contributed by atoms with van der Waals surface area (Å²) in [5, 5.41) is 14.9. The molecule has 1 aliphatic carbocycles. The zero-order valence-corrected chi connectivity index (χ0v) is 23.4. The Bertz CT molecular complexity index is 1520. The predicted octanol–water partition coefficient (Wildman–Crippen LogP) is 5.13. The zero-order valence-electron chi connectivity index (χ0n) is 22.6. The van der Waals surface area contributed by atoms with Gasteiger partial charge >= 0.3 is 12.2 Å². The number of pyridine rings is 1. The molecule has 8 nitrogen and oxygen atoms in total. The summed E-state index contributed by atoms with van der Waals surface area (Å²) in [7, 11) is 4.57. The number of ether oxygens (including phenoxy) is 2. The number of aromatic nitrogens is 3. The second-order valence-corrected chi connectivity index (χ2v) is 11.1. The molecule has 3 aromatic heterocycles. The first-order chi connectivity index (χ1) is 19.5. The Morgan fingerprint density at radius 1 is 1.07 bits per heavy atom. The number of rotatable bonds is 9. The highest BCUT2D eigenvalue weighted by Gasteiger charge is 2.37. The van der Waals surface area contributed by atoms with E-state index in [4.69, 9.17) is 9.47 Å². The molecule has 3 heterocycles. The van der Waals surface area contributed by atoms with Crippen LogP contribution in [0.5, 0.6) is 11.8 Å². The van der Waals surface area contributed by atoms with Crippen molar-refractivity contribution in [3.8, 4) is 22.9 Å². The Kier molecular flexibility index (Phi) is 8.30. The lowest BCUT2D eigenvalue weighted by molar-refractivity contribution is -0.126. The van der Waals surface area contributed by atoms with Crippen LogP contribution in [-0.4, -0.2) is 65.7 Å². The number of nitrogens with one attached hydrogen (secondary N) is 1. The lowest BCUT2D eigenvalue weighted by Gasteiger charge is -2.28. The highest BCUT2D eigenvalue weighted by Crippen LogP contribution is 2.37. The molecule has 4 aromatic rings. The summed E-state index contributed by atoms with van der Waals surface area (Å²) in [6.45, 7) is 0.565. The molecule has 0 radical (unpaired) electrons. The maximum absolute atomic E-state index is 13.6. The van der Waals surface area contributed by atoms with Crippen molar-refractivity contribution in [2.75, 3.05) is 26.2 Å². The third-order valence-electron chi connectivity index (χ3n) is 7.20. The van der Waals surface area contributed by atoms with Gasteiger partial charge in [-0.05, 0) is 36.1 Å². The van der Waals surface area contributed by atoms with Gasteiger partial charge in [-0.2, -0.15) is 27.5 Å². The summed E-state index contributed by atoms with van der Waals surface area (Å²) in [4.78, 5) is 14.8. The number of thiophene rings is 1. The molecule has 1 fully saturated rings. The quantitative estimate of drug-likeness (QED) is 0.205. The first kappa shape index (κ1) is 29.0. The number of hydrogen-bond donors (Lipinski definition) is 2. The number of aliphatic hydroxyl groups is 1. The second-order valence-electron chi connectivity index (χ2n) is 9.97. The lowest BCUT2D eigenvalue weighted by atomic mass is 10.1.